The van der Waals surface area contributed by atoms with Crippen LogP contribution in [0.4, 0.5) is 0 Å². The van der Waals surface area contributed by atoms with Crippen molar-refractivity contribution in [1.82, 2.24) is 0 Å². The summed E-state index contributed by atoms with van der Waals surface area (Å²) >= 11 is 9.06. The van der Waals surface area contributed by atoms with Gasteiger partial charge in [0.2, 0.25) is 0 Å². The highest BCUT2D eigenvalue weighted by atomic mass is 79.9. The van der Waals surface area contributed by atoms with Crippen molar-refractivity contribution in [3.8, 4) is 17.2 Å². The van der Waals surface area contributed by atoms with Gasteiger partial charge in [-0.1, -0.05) is 31.9 Å². The minimum Gasteiger partial charge on any atom is -0.496 e. The topological polar surface area (TPSA) is 27.7 Å². The maximum absolute atomic E-state index is 5.77. The molecule has 3 nitrogen and oxygen atoms in total. The van der Waals surface area contributed by atoms with Crippen LogP contribution in [0.2, 0.25) is 0 Å². The summed E-state index contributed by atoms with van der Waals surface area (Å²) in [5.41, 5.74) is 1.11. The van der Waals surface area contributed by atoms with Gasteiger partial charge in [0.1, 0.15) is 5.75 Å². The van der Waals surface area contributed by atoms with Crippen molar-refractivity contribution in [2.24, 2.45) is 0 Å². The van der Waals surface area contributed by atoms with E-state index in [4.69, 9.17) is 14.2 Å². The van der Waals surface area contributed by atoms with E-state index in [1.54, 1.807) is 18.4 Å². The summed E-state index contributed by atoms with van der Waals surface area (Å²) in [6.07, 6.45) is 0.904. The van der Waals surface area contributed by atoms with E-state index in [0.717, 1.165) is 33.7 Å². The van der Waals surface area contributed by atoms with E-state index in [9.17, 15) is 0 Å². The quantitative estimate of drug-likeness (QED) is 0.625. The number of halogens is 2. The molecule has 2 aromatic rings. The van der Waals surface area contributed by atoms with E-state index in [2.05, 4.69) is 31.9 Å². The first-order chi connectivity index (χ1) is 10.2. The second kappa shape index (κ2) is 6.58. The molecule has 0 fully saturated rings. The molecule has 112 valence electrons. The Balaban J connectivity index is 1.95. The minimum atomic E-state index is 0.0814. The second-order valence-corrected chi connectivity index (χ2v) is 7.34. The van der Waals surface area contributed by atoms with Gasteiger partial charge in [-0.25, -0.2) is 0 Å². The van der Waals surface area contributed by atoms with Crippen molar-refractivity contribution < 1.29 is 14.2 Å². The summed E-state index contributed by atoms with van der Waals surface area (Å²) in [4.78, 5) is 1.26. The van der Waals surface area contributed by atoms with E-state index in [1.165, 1.54) is 4.88 Å². The zero-order chi connectivity index (χ0) is 14.8. The molecule has 1 unspecified atom stereocenters. The molecule has 0 saturated carbocycles. The molecule has 1 atom stereocenters. The molecular weight excluding hydrogens is 420 g/mol. The van der Waals surface area contributed by atoms with Crippen molar-refractivity contribution in [2.75, 3.05) is 20.3 Å². The van der Waals surface area contributed by atoms with Gasteiger partial charge in [-0.2, -0.15) is 0 Å². The van der Waals surface area contributed by atoms with Crippen LogP contribution in [-0.2, 0) is 0 Å². The third-order valence-corrected chi connectivity index (χ3v) is 6.17. The molecule has 2 heterocycles. The molecule has 0 aliphatic carbocycles. The summed E-state index contributed by atoms with van der Waals surface area (Å²) in [6, 6.07) is 6.06. The van der Waals surface area contributed by atoms with Crippen LogP contribution in [0, 0.1) is 0 Å². The first kappa shape index (κ1) is 15.2. The molecule has 0 spiro atoms. The van der Waals surface area contributed by atoms with Gasteiger partial charge in [-0.15, -0.1) is 11.3 Å². The van der Waals surface area contributed by atoms with Gasteiger partial charge in [0.15, 0.2) is 11.5 Å². The Bertz CT molecular complexity index is 642. The van der Waals surface area contributed by atoms with Gasteiger partial charge in [0.05, 0.1) is 25.2 Å². The third-order valence-electron chi connectivity index (χ3n) is 3.22. The highest BCUT2D eigenvalue weighted by Crippen LogP contribution is 2.44. The van der Waals surface area contributed by atoms with Crippen molar-refractivity contribution in [2.45, 2.75) is 11.2 Å². The SMILES string of the molecule is COc1csc(C(Br)c2cc3c(cc2Br)OCCCO3)c1. The highest BCUT2D eigenvalue weighted by Gasteiger charge is 2.20. The number of methoxy groups -OCH3 is 1. The van der Waals surface area contributed by atoms with E-state index >= 15 is 0 Å². The fraction of sp³-hybridized carbons (Fsp3) is 0.333. The van der Waals surface area contributed by atoms with Gasteiger partial charge >= 0.3 is 0 Å². The second-order valence-electron chi connectivity index (χ2n) is 4.62. The third kappa shape index (κ3) is 3.22. The minimum absolute atomic E-state index is 0.0814. The van der Waals surface area contributed by atoms with E-state index in [-0.39, 0.29) is 4.83 Å². The number of benzene rings is 1. The van der Waals surface area contributed by atoms with E-state index < -0.39 is 0 Å². The van der Waals surface area contributed by atoms with E-state index in [1.807, 2.05) is 23.6 Å². The monoisotopic (exact) mass is 432 g/mol. The standard InChI is InChI=1S/C15H14Br2O3S/c1-18-9-5-14(21-8-9)15(17)10-6-12-13(7-11(10)16)20-4-2-3-19-12/h5-8,15H,2-4H2,1H3. The summed E-state index contributed by atoms with van der Waals surface area (Å²) in [5, 5.41) is 2.00. The molecule has 0 radical (unpaired) electrons. The zero-order valence-electron chi connectivity index (χ0n) is 11.4. The molecule has 3 rings (SSSR count). The van der Waals surface area contributed by atoms with Crippen LogP contribution >= 0.6 is 43.2 Å². The average molecular weight is 434 g/mol. The highest BCUT2D eigenvalue weighted by molar-refractivity contribution is 9.11. The first-order valence-corrected chi connectivity index (χ1v) is 9.13. The molecule has 0 amide bonds. The van der Waals surface area contributed by atoms with Crippen LogP contribution < -0.4 is 14.2 Å². The Morgan fingerprint density at radius 3 is 2.57 bits per heavy atom. The molecule has 21 heavy (non-hydrogen) atoms. The van der Waals surface area contributed by atoms with Gasteiger partial charge in [0.25, 0.3) is 0 Å². The first-order valence-electron chi connectivity index (χ1n) is 6.54. The Labute approximate surface area is 144 Å². The molecule has 1 aliphatic heterocycles. The Kier molecular flexibility index (Phi) is 4.76. The summed E-state index contributed by atoms with van der Waals surface area (Å²) in [5.74, 6) is 2.48. The number of rotatable bonds is 3. The number of fused-ring (bicyclic) bond motifs is 1. The van der Waals surface area contributed by atoms with Crippen molar-refractivity contribution in [3.05, 3.63) is 38.5 Å². The maximum atomic E-state index is 5.77. The van der Waals surface area contributed by atoms with Crippen LogP contribution in [-0.4, -0.2) is 20.3 Å². The van der Waals surface area contributed by atoms with Gasteiger partial charge in [-0.3, -0.25) is 0 Å². The molecule has 1 aliphatic rings. The summed E-state index contributed by atoms with van der Waals surface area (Å²) in [6.45, 7) is 1.38. The Hall–Kier alpha value is -0.720. The van der Waals surface area contributed by atoms with Gasteiger partial charge < -0.3 is 14.2 Å². The normalized spacial score (nSPS) is 15.4. The van der Waals surface area contributed by atoms with Crippen molar-refractivity contribution >= 4 is 43.2 Å². The fourth-order valence-corrected chi connectivity index (χ4v) is 4.66. The van der Waals surface area contributed by atoms with Crippen LogP contribution in [0.15, 0.2) is 28.1 Å². The lowest BCUT2D eigenvalue weighted by Crippen LogP contribution is -1.97. The fourth-order valence-electron chi connectivity index (χ4n) is 2.12. The van der Waals surface area contributed by atoms with Crippen molar-refractivity contribution in [3.63, 3.8) is 0 Å². The molecule has 1 aromatic carbocycles. The number of ether oxygens (including phenoxy) is 3. The van der Waals surface area contributed by atoms with Gasteiger partial charge in [-0.05, 0) is 23.8 Å². The molecular formula is C15H14Br2O3S. The maximum Gasteiger partial charge on any atom is 0.162 e. The van der Waals surface area contributed by atoms with Crippen LogP contribution in [0.1, 0.15) is 21.7 Å². The predicted molar refractivity (Wildman–Crippen MR) is 91.4 cm³/mol. The van der Waals surface area contributed by atoms with Crippen LogP contribution in [0.5, 0.6) is 17.2 Å². The smallest absolute Gasteiger partial charge is 0.162 e. The number of alkyl halides is 1. The van der Waals surface area contributed by atoms with Crippen molar-refractivity contribution in [1.29, 1.82) is 0 Å². The Morgan fingerprint density at radius 2 is 1.90 bits per heavy atom. The number of hydrogen-bond acceptors (Lipinski definition) is 4. The number of thiophene rings is 1. The summed E-state index contributed by atoms with van der Waals surface area (Å²) < 4.78 is 17.7. The Morgan fingerprint density at radius 1 is 1.19 bits per heavy atom. The zero-order valence-corrected chi connectivity index (χ0v) is 15.4. The molecule has 0 N–H and O–H groups in total. The van der Waals surface area contributed by atoms with Crippen LogP contribution in [0.3, 0.4) is 0 Å². The van der Waals surface area contributed by atoms with Gasteiger partial charge in [0, 0.05) is 21.2 Å². The molecule has 1 aromatic heterocycles. The molecule has 0 saturated heterocycles. The van der Waals surface area contributed by atoms with E-state index in [0.29, 0.717) is 13.2 Å². The largest absolute Gasteiger partial charge is 0.496 e. The lowest BCUT2D eigenvalue weighted by molar-refractivity contribution is 0.297. The molecule has 0 bridgehead atoms. The van der Waals surface area contributed by atoms with Crippen LogP contribution in [0.25, 0.3) is 0 Å². The number of hydrogen-bond donors (Lipinski definition) is 0. The lowest BCUT2D eigenvalue weighted by Gasteiger charge is -2.15. The predicted octanol–water partition coefficient (Wildman–Crippen LogP) is 5.16. The average Bonchev–Trinajstić information content (AvgIpc) is 2.86. The lowest BCUT2D eigenvalue weighted by atomic mass is 10.1. The molecule has 6 heteroatoms. The summed E-state index contributed by atoms with van der Waals surface area (Å²) in [7, 11) is 1.68.